The van der Waals surface area contributed by atoms with Gasteiger partial charge in [-0.15, -0.1) is 0 Å². The summed E-state index contributed by atoms with van der Waals surface area (Å²) in [5, 5.41) is 0. The standard InChI is InChI=1S/C20H24N2.C2H6/c1-22-13-10-16(11-14-22)19-18-7-3-2-5-15(18)8-9-17-6-4-12-21-20(17)19;1-2/h2-7,12,16,19H,8-11,13-14H2,1H3;1-2H3. The molecule has 1 aliphatic carbocycles. The average Bonchev–Trinajstić information content (AvgIpc) is 2.81. The maximum atomic E-state index is 4.84. The van der Waals surface area contributed by atoms with E-state index in [2.05, 4.69) is 48.3 Å². The van der Waals surface area contributed by atoms with Gasteiger partial charge in [-0.1, -0.05) is 44.2 Å². The van der Waals surface area contributed by atoms with Gasteiger partial charge in [0.2, 0.25) is 0 Å². The van der Waals surface area contributed by atoms with Crippen LogP contribution in [0.5, 0.6) is 0 Å². The summed E-state index contributed by atoms with van der Waals surface area (Å²) in [6.45, 7) is 6.43. The largest absolute Gasteiger partial charge is 0.306 e. The molecule has 1 aromatic carbocycles. The Bertz CT molecular complexity index is 609. The van der Waals surface area contributed by atoms with Gasteiger partial charge in [-0.25, -0.2) is 0 Å². The van der Waals surface area contributed by atoms with E-state index >= 15 is 0 Å². The summed E-state index contributed by atoms with van der Waals surface area (Å²) >= 11 is 0. The van der Waals surface area contributed by atoms with Crippen molar-refractivity contribution in [2.24, 2.45) is 5.92 Å². The van der Waals surface area contributed by atoms with Gasteiger partial charge in [0.05, 0.1) is 5.69 Å². The number of fused-ring (bicyclic) bond motifs is 2. The highest BCUT2D eigenvalue weighted by molar-refractivity contribution is 5.42. The molecule has 2 nitrogen and oxygen atoms in total. The summed E-state index contributed by atoms with van der Waals surface area (Å²) in [7, 11) is 2.24. The highest BCUT2D eigenvalue weighted by Gasteiger charge is 2.32. The van der Waals surface area contributed by atoms with Gasteiger partial charge in [-0.05, 0) is 74.5 Å². The topological polar surface area (TPSA) is 16.1 Å². The van der Waals surface area contributed by atoms with E-state index in [-0.39, 0.29) is 0 Å². The van der Waals surface area contributed by atoms with Gasteiger partial charge < -0.3 is 4.90 Å². The van der Waals surface area contributed by atoms with Crippen molar-refractivity contribution in [3.8, 4) is 0 Å². The van der Waals surface area contributed by atoms with Crippen LogP contribution in [0.3, 0.4) is 0 Å². The molecular formula is C22H30N2. The summed E-state index contributed by atoms with van der Waals surface area (Å²) in [6, 6.07) is 13.4. The molecule has 1 atom stereocenters. The molecule has 2 aliphatic rings. The third-order valence-electron chi connectivity index (χ3n) is 5.51. The van der Waals surface area contributed by atoms with Gasteiger partial charge in [0.15, 0.2) is 0 Å². The first-order valence-corrected chi connectivity index (χ1v) is 9.53. The fourth-order valence-electron chi connectivity index (χ4n) is 4.26. The van der Waals surface area contributed by atoms with E-state index in [1.54, 1.807) is 0 Å². The summed E-state index contributed by atoms with van der Waals surface area (Å²) < 4.78 is 0. The molecule has 1 unspecified atom stereocenters. The Balaban J connectivity index is 0.000000815. The molecule has 128 valence electrons. The Hall–Kier alpha value is -1.67. The molecular weight excluding hydrogens is 292 g/mol. The van der Waals surface area contributed by atoms with Crippen LogP contribution >= 0.6 is 0 Å². The normalized spacial score (nSPS) is 21.0. The predicted molar refractivity (Wildman–Crippen MR) is 101 cm³/mol. The van der Waals surface area contributed by atoms with E-state index in [9.17, 15) is 0 Å². The van der Waals surface area contributed by atoms with Crippen molar-refractivity contribution < 1.29 is 0 Å². The maximum Gasteiger partial charge on any atom is 0.0513 e. The van der Waals surface area contributed by atoms with Gasteiger partial charge in [0.1, 0.15) is 0 Å². The minimum atomic E-state index is 0.489. The second kappa shape index (κ2) is 7.94. The zero-order valence-electron chi connectivity index (χ0n) is 15.3. The van der Waals surface area contributed by atoms with Crippen molar-refractivity contribution in [1.29, 1.82) is 0 Å². The first kappa shape index (κ1) is 17.2. The Morgan fingerprint density at radius 2 is 1.58 bits per heavy atom. The van der Waals surface area contributed by atoms with Crippen molar-refractivity contribution in [1.82, 2.24) is 9.88 Å². The molecule has 1 fully saturated rings. The number of rotatable bonds is 1. The van der Waals surface area contributed by atoms with Crippen LogP contribution in [0.1, 0.15) is 55.0 Å². The molecule has 0 saturated carbocycles. The monoisotopic (exact) mass is 322 g/mol. The summed E-state index contributed by atoms with van der Waals surface area (Å²) in [5.41, 5.74) is 5.88. The second-order valence-electron chi connectivity index (χ2n) is 6.86. The van der Waals surface area contributed by atoms with Gasteiger partial charge in [0.25, 0.3) is 0 Å². The number of likely N-dealkylation sites (tertiary alicyclic amines) is 1. The molecule has 0 spiro atoms. The lowest BCUT2D eigenvalue weighted by atomic mass is 9.76. The molecule has 1 saturated heterocycles. The molecule has 1 aromatic heterocycles. The van der Waals surface area contributed by atoms with Crippen LogP contribution in [0.15, 0.2) is 42.6 Å². The van der Waals surface area contributed by atoms with Gasteiger partial charge >= 0.3 is 0 Å². The van der Waals surface area contributed by atoms with E-state index in [1.807, 2.05) is 20.0 Å². The van der Waals surface area contributed by atoms with E-state index in [0.717, 1.165) is 18.8 Å². The minimum absolute atomic E-state index is 0.489. The molecule has 1 aliphatic heterocycles. The Kier molecular flexibility index (Phi) is 5.68. The number of aromatic nitrogens is 1. The molecule has 0 radical (unpaired) electrons. The van der Waals surface area contributed by atoms with Crippen molar-refractivity contribution in [3.05, 3.63) is 65.0 Å². The molecule has 2 heterocycles. The van der Waals surface area contributed by atoms with Crippen LogP contribution in [0.2, 0.25) is 0 Å². The first-order chi connectivity index (χ1) is 11.8. The highest BCUT2D eigenvalue weighted by Crippen LogP contribution is 2.41. The zero-order chi connectivity index (χ0) is 16.9. The lowest BCUT2D eigenvalue weighted by Crippen LogP contribution is -2.33. The maximum absolute atomic E-state index is 4.84. The Morgan fingerprint density at radius 3 is 2.38 bits per heavy atom. The molecule has 0 amide bonds. The van der Waals surface area contributed by atoms with Crippen LogP contribution in [0, 0.1) is 5.92 Å². The quantitative estimate of drug-likeness (QED) is 0.758. The van der Waals surface area contributed by atoms with Gasteiger partial charge in [0, 0.05) is 12.1 Å². The van der Waals surface area contributed by atoms with Crippen LogP contribution in [-0.2, 0) is 12.8 Å². The number of nitrogens with zero attached hydrogens (tertiary/aromatic N) is 2. The van der Waals surface area contributed by atoms with Crippen molar-refractivity contribution in [3.63, 3.8) is 0 Å². The van der Waals surface area contributed by atoms with Crippen molar-refractivity contribution in [2.45, 2.75) is 45.4 Å². The number of hydrogen-bond acceptors (Lipinski definition) is 2. The summed E-state index contributed by atoms with van der Waals surface area (Å²) in [6.07, 6.45) is 6.83. The first-order valence-electron chi connectivity index (χ1n) is 9.53. The Morgan fingerprint density at radius 1 is 0.917 bits per heavy atom. The second-order valence-corrected chi connectivity index (χ2v) is 6.86. The smallest absolute Gasteiger partial charge is 0.0513 e. The third kappa shape index (κ3) is 3.39. The Labute approximate surface area is 146 Å². The van der Waals surface area contributed by atoms with Crippen molar-refractivity contribution >= 4 is 0 Å². The zero-order valence-corrected chi connectivity index (χ0v) is 15.3. The highest BCUT2D eigenvalue weighted by atomic mass is 15.1. The molecule has 0 bridgehead atoms. The predicted octanol–water partition coefficient (Wildman–Crippen LogP) is 4.68. The number of pyridine rings is 1. The third-order valence-corrected chi connectivity index (χ3v) is 5.51. The average molecular weight is 322 g/mol. The lowest BCUT2D eigenvalue weighted by molar-refractivity contribution is 0.206. The van der Waals surface area contributed by atoms with Crippen LogP contribution in [-0.4, -0.2) is 30.0 Å². The van der Waals surface area contributed by atoms with E-state index < -0.39 is 0 Å². The molecule has 24 heavy (non-hydrogen) atoms. The van der Waals surface area contributed by atoms with Gasteiger partial charge in [-0.3, -0.25) is 4.98 Å². The molecule has 2 aromatic rings. The van der Waals surface area contributed by atoms with Crippen molar-refractivity contribution in [2.75, 3.05) is 20.1 Å². The van der Waals surface area contributed by atoms with Gasteiger partial charge in [-0.2, -0.15) is 0 Å². The SMILES string of the molecule is CC.CN1CCC(C2c3ccccc3CCc3cccnc32)CC1. The summed E-state index contributed by atoms with van der Waals surface area (Å²) in [4.78, 5) is 7.30. The number of piperidine rings is 1. The fourth-order valence-corrected chi connectivity index (χ4v) is 4.26. The van der Waals surface area contributed by atoms with E-state index in [4.69, 9.17) is 4.98 Å². The molecule has 4 rings (SSSR count). The van der Waals surface area contributed by atoms with Crippen LogP contribution in [0.4, 0.5) is 0 Å². The van der Waals surface area contributed by atoms with Crippen LogP contribution < -0.4 is 0 Å². The number of hydrogen-bond donors (Lipinski definition) is 0. The van der Waals surface area contributed by atoms with Crippen LogP contribution in [0.25, 0.3) is 0 Å². The van der Waals surface area contributed by atoms with E-state index in [0.29, 0.717) is 5.92 Å². The molecule has 0 N–H and O–H groups in total. The molecule has 2 heteroatoms. The number of aryl methyl sites for hydroxylation is 2. The van der Waals surface area contributed by atoms with E-state index in [1.165, 1.54) is 48.3 Å². The summed E-state index contributed by atoms with van der Waals surface area (Å²) in [5.74, 6) is 1.22. The lowest BCUT2D eigenvalue weighted by Gasteiger charge is -2.35. The minimum Gasteiger partial charge on any atom is -0.306 e. The number of benzene rings is 1. The fraction of sp³-hybridized carbons (Fsp3) is 0.500.